The summed E-state index contributed by atoms with van der Waals surface area (Å²) in [5, 5.41) is 15.7. The van der Waals surface area contributed by atoms with Gasteiger partial charge in [0.2, 0.25) is 0 Å². The Balaban J connectivity index is 2.02. The maximum Gasteiger partial charge on any atom is 0.256 e. The van der Waals surface area contributed by atoms with E-state index >= 15 is 0 Å². The van der Waals surface area contributed by atoms with Gasteiger partial charge in [0.25, 0.3) is 5.91 Å². The van der Waals surface area contributed by atoms with E-state index in [4.69, 9.17) is 4.52 Å². The predicted octanol–water partition coefficient (Wildman–Crippen LogP) is 1.62. The first-order chi connectivity index (χ1) is 8.18. The van der Waals surface area contributed by atoms with Crippen LogP contribution in [0.5, 0.6) is 5.75 Å². The molecule has 1 aromatic carbocycles. The van der Waals surface area contributed by atoms with Crippen molar-refractivity contribution in [2.75, 3.05) is 0 Å². The standard InChI is InChI=1S/C12H12N2O3/c1-8-10(7-14-17-8)12(16)13-6-9-4-2-3-5-11(9)15/h2-5,7,15H,6H2,1H3,(H,13,16). The quantitative estimate of drug-likeness (QED) is 0.843. The zero-order valence-corrected chi connectivity index (χ0v) is 9.30. The van der Waals surface area contributed by atoms with Crippen LogP contribution in [0.4, 0.5) is 0 Å². The van der Waals surface area contributed by atoms with E-state index in [1.165, 1.54) is 6.20 Å². The topological polar surface area (TPSA) is 75.4 Å². The Bertz CT molecular complexity index is 534. The smallest absolute Gasteiger partial charge is 0.256 e. The lowest BCUT2D eigenvalue weighted by atomic mass is 10.2. The van der Waals surface area contributed by atoms with Crippen molar-refractivity contribution < 1.29 is 14.4 Å². The predicted molar refractivity (Wildman–Crippen MR) is 60.5 cm³/mol. The van der Waals surface area contributed by atoms with E-state index in [1.807, 2.05) is 0 Å². The molecule has 1 amide bonds. The highest BCUT2D eigenvalue weighted by Gasteiger charge is 2.12. The number of nitrogens with one attached hydrogen (secondary N) is 1. The Kier molecular flexibility index (Phi) is 3.09. The number of aromatic hydroxyl groups is 1. The number of amides is 1. The first-order valence-electron chi connectivity index (χ1n) is 5.15. The van der Waals surface area contributed by atoms with Crippen molar-refractivity contribution >= 4 is 5.91 Å². The van der Waals surface area contributed by atoms with Crippen LogP contribution in [-0.4, -0.2) is 16.2 Å². The summed E-state index contributed by atoms with van der Waals surface area (Å²) in [6, 6.07) is 6.85. The molecule has 2 N–H and O–H groups in total. The zero-order chi connectivity index (χ0) is 12.3. The lowest BCUT2D eigenvalue weighted by Gasteiger charge is -2.05. The van der Waals surface area contributed by atoms with E-state index in [1.54, 1.807) is 31.2 Å². The van der Waals surface area contributed by atoms with Crippen molar-refractivity contribution in [3.05, 3.63) is 47.3 Å². The lowest BCUT2D eigenvalue weighted by molar-refractivity contribution is 0.0949. The van der Waals surface area contributed by atoms with Gasteiger partial charge in [0.1, 0.15) is 17.1 Å². The van der Waals surface area contributed by atoms with Gasteiger partial charge in [-0.3, -0.25) is 4.79 Å². The fraction of sp³-hybridized carbons (Fsp3) is 0.167. The lowest BCUT2D eigenvalue weighted by Crippen LogP contribution is -2.22. The van der Waals surface area contributed by atoms with Crippen LogP contribution >= 0.6 is 0 Å². The summed E-state index contributed by atoms with van der Waals surface area (Å²) >= 11 is 0. The fourth-order valence-corrected chi connectivity index (χ4v) is 1.45. The number of benzene rings is 1. The molecule has 2 rings (SSSR count). The van der Waals surface area contributed by atoms with Gasteiger partial charge in [0, 0.05) is 12.1 Å². The third-order valence-corrected chi connectivity index (χ3v) is 2.43. The van der Waals surface area contributed by atoms with Gasteiger partial charge in [-0.15, -0.1) is 0 Å². The van der Waals surface area contributed by atoms with Crippen LogP contribution in [0, 0.1) is 6.92 Å². The molecule has 0 aliphatic heterocycles. The molecule has 5 heteroatoms. The second-order valence-corrected chi connectivity index (χ2v) is 3.61. The average molecular weight is 232 g/mol. The second kappa shape index (κ2) is 4.69. The number of phenolic OH excluding ortho intramolecular Hbond substituents is 1. The van der Waals surface area contributed by atoms with Gasteiger partial charge in [0.05, 0.1) is 6.20 Å². The van der Waals surface area contributed by atoms with Crippen molar-refractivity contribution in [1.82, 2.24) is 10.5 Å². The number of hydrogen-bond acceptors (Lipinski definition) is 4. The van der Waals surface area contributed by atoms with E-state index in [0.717, 1.165) is 0 Å². The van der Waals surface area contributed by atoms with Gasteiger partial charge < -0.3 is 14.9 Å². The number of carbonyl (C=O) groups excluding carboxylic acids is 1. The average Bonchev–Trinajstić information content (AvgIpc) is 2.74. The monoisotopic (exact) mass is 232 g/mol. The molecule has 88 valence electrons. The van der Waals surface area contributed by atoms with Crippen LogP contribution in [0.1, 0.15) is 21.7 Å². The Morgan fingerprint density at radius 1 is 1.47 bits per heavy atom. The normalized spacial score (nSPS) is 10.2. The first kappa shape index (κ1) is 11.2. The summed E-state index contributed by atoms with van der Waals surface area (Å²) in [5.74, 6) is 0.363. The number of phenols is 1. The Morgan fingerprint density at radius 3 is 2.88 bits per heavy atom. The Hall–Kier alpha value is -2.30. The van der Waals surface area contributed by atoms with Crippen molar-refractivity contribution in [3.8, 4) is 5.75 Å². The largest absolute Gasteiger partial charge is 0.508 e. The molecule has 0 bridgehead atoms. The van der Waals surface area contributed by atoms with Gasteiger partial charge in [-0.1, -0.05) is 23.4 Å². The number of aromatic nitrogens is 1. The molecule has 0 atom stereocenters. The maximum absolute atomic E-state index is 11.7. The molecule has 0 unspecified atom stereocenters. The molecule has 0 aliphatic carbocycles. The molecule has 1 aromatic heterocycles. The summed E-state index contributed by atoms with van der Waals surface area (Å²) in [5.41, 5.74) is 1.07. The zero-order valence-electron chi connectivity index (χ0n) is 9.30. The minimum absolute atomic E-state index is 0.162. The molecular weight excluding hydrogens is 220 g/mol. The van der Waals surface area contributed by atoms with Crippen LogP contribution in [0.25, 0.3) is 0 Å². The van der Waals surface area contributed by atoms with E-state index in [-0.39, 0.29) is 18.2 Å². The number of nitrogens with zero attached hydrogens (tertiary/aromatic N) is 1. The van der Waals surface area contributed by atoms with Gasteiger partial charge in [-0.05, 0) is 13.0 Å². The van der Waals surface area contributed by atoms with Crippen molar-refractivity contribution in [3.63, 3.8) is 0 Å². The minimum Gasteiger partial charge on any atom is -0.508 e. The van der Waals surface area contributed by atoms with Gasteiger partial charge >= 0.3 is 0 Å². The fourth-order valence-electron chi connectivity index (χ4n) is 1.45. The molecule has 5 nitrogen and oxygen atoms in total. The number of para-hydroxylation sites is 1. The maximum atomic E-state index is 11.7. The second-order valence-electron chi connectivity index (χ2n) is 3.61. The summed E-state index contributed by atoms with van der Waals surface area (Å²) in [6.07, 6.45) is 1.37. The third kappa shape index (κ3) is 2.44. The van der Waals surface area contributed by atoms with Crippen LogP contribution in [-0.2, 0) is 6.54 Å². The van der Waals surface area contributed by atoms with Crippen molar-refractivity contribution in [1.29, 1.82) is 0 Å². The molecule has 0 saturated heterocycles. The summed E-state index contributed by atoms with van der Waals surface area (Å²) in [6.45, 7) is 1.93. The number of aryl methyl sites for hydroxylation is 1. The van der Waals surface area contributed by atoms with Crippen LogP contribution in [0.15, 0.2) is 35.0 Å². The number of hydrogen-bond donors (Lipinski definition) is 2. The molecular formula is C12H12N2O3. The van der Waals surface area contributed by atoms with Crippen molar-refractivity contribution in [2.45, 2.75) is 13.5 Å². The Morgan fingerprint density at radius 2 is 2.24 bits per heavy atom. The van der Waals surface area contributed by atoms with E-state index in [2.05, 4.69) is 10.5 Å². The van der Waals surface area contributed by atoms with E-state index in [0.29, 0.717) is 16.9 Å². The van der Waals surface area contributed by atoms with E-state index < -0.39 is 0 Å². The van der Waals surface area contributed by atoms with Crippen LogP contribution < -0.4 is 5.32 Å². The Labute approximate surface area is 98.1 Å². The van der Waals surface area contributed by atoms with Crippen molar-refractivity contribution in [2.24, 2.45) is 0 Å². The van der Waals surface area contributed by atoms with Gasteiger partial charge in [-0.25, -0.2) is 0 Å². The minimum atomic E-state index is -0.271. The molecule has 1 heterocycles. The van der Waals surface area contributed by atoms with Crippen LogP contribution in [0.2, 0.25) is 0 Å². The molecule has 0 radical (unpaired) electrons. The highest BCUT2D eigenvalue weighted by atomic mass is 16.5. The third-order valence-electron chi connectivity index (χ3n) is 2.43. The SMILES string of the molecule is Cc1oncc1C(=O)NCc1ccccc1O. The molecule has 2 aromatic rings. The highest BCUT2D eigenvalue weighted by molar-refractivity contribution is 5.94. The molecule has 17 heavy (non-hydrogen) atoms. The van der Waals surface area contributed by atoms with Gasteiger partial charge in [0.15, 0.2) is 0 Å². The summed E-state index contributed by atoms with van der Waals surface area (Å²) in [4.78, 5) is 11.7. The summed E-state index contributed by atoms with van der Waals surface area (Å²) < 4.78 is 4.80. The van der Waals surface area contributed by atoms with Crippen LogP contribution in [0.3, 0.4) is 0 Å². The number of carbonyl (C=O) groups is 1. The number of rotatable bonds is 3. The molecule has 0 spiro atoms. The molecule has 0 saturated carbocycles. The molecule has 0 aliphatic rings. The highest BCUT2D eigenvalue weighted by Crippen LogP contribution is 2.15. The molecule has 0 fully saturated rings. The van der Waals surface area contributed by atoms with E-state index in [9.17, 15) is 9.90 Å². The first-order valence-corrected chi connectivity index (χ1v) is 5.15. The van der Waals surface area contributed by atoms with Gasteiger partial charge in [-0.2, -0.15) is 0 Å². The summed E-state index contributed by atoms with van der Waals surface area (Å²) in [7, 11) is 0.